The topological polar surface area (TPSA) is 74.4 Å². The maximum absolute atomic E-state index is 12.9. The molecule has 1 aliphatic carbocycles. The number of carbonyl (C=O) groups excluding carboxylic acids is 2. The van der Waals surface area contributed by atoms with Gasteiger partial charge < -0.3 is 18.9 Å². The van der Waals surface area contributed by atoms with Crippen LogP contribution in [0.1, 0.15) is 82.9 Å². The van der Waals surface area contributed by atoms with Crippen LogP contribution in [0, 0.1) is 0 Å². The summed E-state index contributed by atoms with van der Waals surface area (Å²) in [4.78, 5) is 25.7. The monoisotopic (exact) mass is 576 g/mol. The van der Waals surface area contributed by atoms with Gasteiger partial charge in [-0.05, 0) is 101 Å². The molecule has 0 aromatic heterocycles. The van der Waals surface area contributed by atoms with Crippen LogP contribution in [0.2, 0.25) is 0 Å². The molecule has 0 amide bonds. The number of epoxide rings is 1. The Morgan fingerprint density at radius 1 is 0.744 bits per heavy atom. The molecule has 4 aromatic rings. The van der Waals surface area contributed by atoms with E-state index < -0.39 is 5.97 Å². The summed E-state index contributed by atoms with van der Waals surface area (Å²) < 4.78 is 22.4. The lowest BCUT2D eigenvalue weighted by molar-refractivity contribution is 0.0725. The molecule has 2 unspecified atom stereocenters. The number of hydrogen-bond acceptors (Lipinski definition) is 6. The second-order valence-electron chi connectivity index (χ2n) is 11.3. The van der Waals surface area contributed by atoms with Crippen molar-refractivity contribution in [3.63, 3.8) is 0 Å². The number of aryl methyl sites for hydroxylation is 1. The van der Waals surface area contributed by atoms with Crippen molar-refractivity contribution in [1.29, 1.82) is 0 Å². The van der Waals surface area contributed by atoms with Gasteiger partial charge in [0.2, 0.25) is 0 Å². The van der Waals surface area contributed by atoms with Crippen LogP contribution in [0.15, 0.2) is 84.9 Å². The molecular formula is C37H36O6. The van der Waals surface area contributed by atoms with Crippen molar-refractivity contribution in [3.05, 3.63) is 113 Å². The van der Waals surface area contributed by atoms with E-state index in [9.17, 15) is 9.59 Å². The Bertz CT molecular complexity index is 1600. The quantitative estimate of drug-likeness (QED) is 0.0733. The molecule has 6 heteroatoms. The standard InChI is InChI=1S/C37H36O6/c1-3-4-5-6-25-7-9-26(10-8-25)36(38)42-29-15-17-32-33-18-16-30(22-35(33)24(2)34(32)21-29)43-37(39)27-11-13-28(14-12-27)40-20-19-31-23-41-31/h7-18,21-22,24,31H,3-6,19-20,23H2,1-2H3. The molecule has 2 aliphatic rings. The fourth-order valence-corrected chi connectivity index (χ4v) is 5.53. The minimum Gasteiger partial charge on any atom is -0.493 e. The first kappa shape index (κ1) is 28.7. The van der Waals surface area contributed by atoms with Crippen molar-refractivity contribution >= 4 is 11.9 Å². The molecule has 1 aliphatic heterocycles. The highest BCUT2D eigenvalue weighted by Gasteiger charge is 2.27. The van der Waals surface area contributed by atoms with Crippen LogP contribution >= 0.6 is 0 Å². The van der Waals surface area contributed by atoms with Crippen LogP contribution in [0.25, 0.3) is 11.1 Å². The average Bonchev–Trinajstić information content (AvgIpc) is 3.81. The molecule has 0 N–H and O–H groups in total. The van der Waals surface area contributed by atoms with E-state index in [1.165, 1.54) is 18.4 Å². The number of fused-ring (bicyclic) bond motifs is 3. The number of benzene rings is 4. The van der Waals surface area contributed by atoms with Gasteiger partial charge in [0.15, 0.2) is 0 Å². The van der Waals surface area contributed by atoms with Crippen LogP contribution in [-0.4, -0.2) is 31.3 Å². The van der Waals surface area contributed by atoms with Gasteiger partial charge >= 0.3 is 11.9 Å². The Hall–Kier alpha value is -4.42. The van der Waals surface area contributed by atoms with Gasteiger partial charge in [0.25, 0.3) is 0 Å². The molecular weight excluding hydrogens is 540 g/mol. The van der Waals surface area contributed by atoms with Gasteiger partial charge in [0, 0.05) is 12.3 Å². The Labute approximate surface area is 252 Å². The number of carbonyl (C=O) groups is 2. The maximum Gasteiger partial charge on any atom is 0.343 e. The highest BCUT2D eigenvalue weighted by molar-refractivity contribution is 5.92. The summed E-state index contributed by atoms with van der Waals surface area (Å²) in [5, 5.41) is 0. The van der Waals surface area contributed by atoms with Crippen molar-refractivity contribution in [1.82, 2.24) is 0 Å². The average molecular weight is 577 g/mol. The molecule has 1 heterocycles. The minimum absolute atomic E-state index is 0.0437. The van der Waals surface area contributed by atoms with Gasteiger partial charge in [0.1, 0.15) is 17.2 Å². The third-order valence-electron chi connectivity index (χ3n) is 8.15. The lowest BCUT2D eigenvalue weighted by atomic mass is 9.99. The zero-order valence-corrected chi connectivity index (χ0v) is 24.6. The lowest BCUT2D eigenvalue weighted by Gasteiger charge is -2.10. The third kappa shape index (κ3) is 6.81. The number of unbranched alkanes of at least 4 members (excludes halogenated alkanes) is 2. The van der Waals surface area contributed by atoms with E-state index in [1.807, 2.05) is 60.7 Å². The summed E-state index contributed by atoms with van der Waals surface area (Å²) in [7, 11) is 0. The van der Waals surface area contributed by atoms with E-state index in [-0.39, 0.29) is 11.9 Å². The van der Waals surface area contributed by atoms with Crippen molar-refractivity contribution in [2.45, 2.75) is 58.0 Å². The third-order valence-corrected chi connectivity index (χ3v) is 8.15. The van der Waals surface area contributed by atoms with Gasteiger partial charge in [-0.15, -0.1) is 0 Å². The Balaban J connectivity index is 1.08. The second kappa shape index (κ2) is 12.8. The first-order chi connectivity index (χ1) is 21.0. The van der Waals surface area contributed by atoms with Gasteiger partial charge in [-0.1, -0.05) is 51.0 Å². The van der Waals surface area contributed by atoms with E-state index in [2.05, 4.69) is 13.8 Å². The highest BCUT2D eigenvalue weighted by atomic mass is 16.6. The van der Waals surface area contributed by atoms with Crippen LogP contribution in [0.3, 0.4) is 0 Å². The zero-order chi connectivity index (χ0) is 29.8. The van der Waals surface area contributed by atoms with E-state index in [0.29, 0.717) is 41.1 Å². The molecule has 2 atom stereocenters. The van der Waals surface area contributed by atoms with Crippen LogP contribution in [-0.2, 0) is 11.2 Å². The Morgan fingerprint density at radius 2 is 1.28 bits per heavy atom. The highest BCUT2D eigenvalue weighted by Crippen LogP contribution is 2.47. The molecule has 6 nitrogen and oxygen atoms in total. The SMILES string of the molecule is CCCCCc1ccc(C(=O)Oc2ccc3c(c2)C(C)c2cc(OC(=O)c4ccc(OCCC5CO5)cc4)ccc2-3)cc1. The van der Waals surface area contributed by atoms with Gasteiger partial charge in [0.05, 0.1) is 30.4 Å². The van der Waals surface area contributed by atoms with E-state index >= 15 is 0 Å². The molecule has 0 spiro atoms. The van der Waals surface area contributed by atoms with E-state index in [4.69, 9.17) is 18.9 Å². The second-order valence-corrected chi connectivity index (χ2v) is 11.3. The zero-order valence-electron chi connectivity index (χ0n) is 24.6. The molecule has 6 rings (SSSR count). The molecule has 43 heavy (non-hydrogen) atoms. The van der Waals surface area contributed by atoms with Crippen molar-refractivity contribution in [3.8, 4) is 28.4 Å². The van der Waals surface area contributed by atoms with Crippen molar-refractivity contribution in [2.24, 2.45) is 0 Å². The molecule has 1 saturated heterocycles. The van der Waals surface area contributed by atoms with Crippen LogP contribution in [0.4, 0.5) is 0 Å². The van der Waals surface area contributed by atoms with Gasteiger partial charge in [-0.2, -0.15) is 0 Å². The lowest BCUT2D eigenvalue weighted by Crippen LogP contribution is -2.09. The summed E-state index contributed by atoms with van der Waals surface area (Å²) in [6.45, 7) is 5.69. The van der Waals surface area contributed by atoms with Gasteiger partial charge in [-0.25, -0.2) is 9.59 Å². The predicted octanol–water partition coefficient (Wildman–Crippen LogP) is 8.16. The first-order valence-electron chi connectivity index (χ1n) is 15.1. The van der Waals surface area contributed by atoms with Gasteiger partial charge in [-0.3, -0.25) is 0 Å². The number of esters is 2. The Morgan fingerprint density at radius 3 is 1.81 bits per heavy atom. The number of rotatable bonds is 12. The summed E-state index contributed by atoms with van der Waals surface area (Å²) >= 11 is 0. The van der Waals surface area contributed by atoms with E-state index in [0.717, 1.165) is 48.1 Å². The summed E-state index contributed by atoms with van der Waals surface area (Å²) in [5.74, 6) is 0.951. The molecule has 220 valence electrons. The summed E-state index contributed by atoms with van der Waals surface area (Å²) in [6, 6.07) is 26.1. The molecule has 1 fully saturated rings. The van der Waals surface area contributed by atoms with Crippen molar-refractivity contribution in [2.75, 3.05) is 13.2 Å². The fraction of sp³-hybridized carbons (Fsp3) is 0.297. The largest absolute Gasteiger partial charge is 0.493 e. The molecule has 0 saturated carbocycles. The normalized spacial score (nSPS) is 16.2. The van der Waals surface area contributed by atoms with Crippen molar-refractivity contribution < 1.29 is 28.5 Å². The predicted molar refractivity (Wildman–Crippen MR) is 165 cm³/mol. The van der Waals surface area contributed by atoms with Crippen LogP contribution in [0.5, 0.6) is 17.2 Å². The number of ether oxygens (including phenoxy) is 4. The first-order valence-corrected chi connectivity index (χ1v) is 15.1. The summed E-state index contributed by atoms with van der Waals surface area (Å²) in [5.41, 5.74) is 6.51. The fourth-order valence-electron chi connectivity index (χ4n) is 5.53. The van der Waals surface area contributed by atoms with Crippen LogP contribution < -0.4 is 14.2 Å². The smallest absolute Gasteiger partial charge is 0.343 e. The van der Waals surface area contributed by atoms with E-state index in [1.54, 1.807) is 24.3 Å². The molecule has 0 radical (unpaired) electrons. The molecule has 0 bridgehead atoms. The minimum atomic E-state index is -0.427. The Kier molecular flexibility index (Phi) is 8.57. The number of hydrogen-bond donors (Lipinski definition) is 0. The summed E-state index contributed by atoms with van der Waals surface area (Å²) in [6.07, 6.45) is 5.76. The molecule has 4 aromatic carbocycles. The maximum atomic E-state index is 12.9.